The van der Waals surface area contributed by atoms with E-state index in [0.717, 1.165) is 55.5 Å². The van der Waals surface area contributed by atoms with Gasteiger partial charge in [0.25, 0.3) is 0 Å². The maximum Gasteiger partial charge on any atom is 0.236 e. The van der Waals surface area contributed by atoms with Gasteiger partial charge in [-0.2, -0.15) is 0 Å². The van der Waals surface area contributed by atoms with E-state index in [4.69, 9.17) is 0 Å². The van der Waals surface area contributed by atoms with Crippen LogP contribution in [0.3, 0.4) is 0 Å². The number of halogens is 1. The summed E-state index contributed by atoms with van der Waals surface area (Å²) in [5.41, 5.74) is 0.304. The van der Waals surface area contributed by atoms with E-state index in [1.807, 2.05) is 0 Å². The van der Waals surface area contributed by atoms with E-state index in [2.05, 4.69) is 22.4 Å². The molecule has 1 N–H and O–H groups in total. The Balaban J connectivity index is 1.77. The van der Waals surface area contributed by atoms with Crippen molar-refractivity contribution in [3.05, 3.63) is 40.7 Å². The Labute approximate surface area is 145 Å². The second kappa shape index (κ2) is 7.38. The minimum absolute atomic E-state index is 0.0511. The Morgan fingerprint density at radius 1 is 1.25 bits per heavy atom. The molecular weight excluding hydrogens is 325 g/mol. The zero-order chi connectivity index (χ0) is 17.0. The second-order valence-electron chi connectivity index (χ2n) is 6.35. The highest BCUT2D eigenvalue weighted by molar-refractivity contribution is 7.15. The number of hydrogen-bond donors (Lipinski definition) is 1. The third-order valence-electron chi connectivity index (χ3n) is 4.72. The molecule has 0 radical (unpaired) electrons. The summed E-state index contributed by atoms with van der Waals surface area (Å²) in [6.07, 6.45) is 6.65. The molecule has 0 saturated heterocycles. The second-order valence-corrected chi connectivity index (χ2v) is 7.42. The first kappa shape index (κ1) is 17.0. The van der Waals surface area contributed by atoms with Crippen molar-refractivity contribution in [3.63, 3.8) is 0 Å². The van der Waals surface area contributed by atoms with Gasteiger partial charge >= 0.3 is 0 Å². The van der Waals surface area contributed by atoms with Crippen LogP contribution in [-0.4, -0.2) is 16.1 Å². The van der Waals surface area contributed by atoms with Crippen molar-refractivity contribution in [3.8, 4) is 0 Å². The highest BCUT2D eigenvalue weighted by Gasteiger charge is 2.43. The third-order valence-corrected chi connectivity index (χ3v) is 5.62. The molecule has 1 fully saturated rings. The monoisotopic (exact) mass is 347 g/mol. The normalized spacial score (nSPS) is 16.2. The van der Waals surface area contributed by atoms with Crippen LogP contribution in [0.25, 0.3) is 0 Å². The summed E-state index contributed by atoms with van der Waals surface area (Å²) in [6.45, 7) is 2.14. The fourth-order valence-electron chi connectivity index (χ4n) is 3.34. The Morgan fingerprint density at radius 3 is 2.62 bits per heavy atom. The zero-order valence-corrected chi connectivity index (χ0v) is 14.7. The first-order valence-corrected chi connectivity index (χ1v) is 9.35. The number of aromatic nitrogens is 2. The molecule has 0 atom stereocenters. The summed E-state index contributed by atoms with van der Waals surface area (Å²) in [5.74, 6) is -0.332. The van der Waals surface area contributed by atoms with Crippen molar-refractivity contribution in [1.82, 2.24) is 10.2 Å². The van der Waals surface area contributed by atoms with Gasteiger partial charge in [-0.1, -0.05) is 49.7 Å². The Morgan fingerprint density at radius 2 is 1.96 bits per heavy atom. The molecule has 4 nitrogen and oxygen atoms in total. The van der Waals surface area contributed by atoms with Gasteiger partial charge in [0.15, 0.2) is 0 Å². The number of aryl methyl sites for hydroxylation is 1. The van der Waals surface area contributed by atoms with Gasteiger partial charge < -0.3 is 0 Å². The number of nitrogens with zero attached hydrogens (tertiary/aromatic N) is 2. The van der Waals surface area contributed by atoms with E-state index in [1.54, 1.807) is 12.1 Å². The lowest BCUT2D eigenvalue weighted by Gasteiger charge is -2.27. The Kier molecular flexibility index (Phi) is 5.23. The molecule has 1 aromatic heterocycles. The largest absolute Gasteiger partial charge is 0.300 e. The van der Waals surface area contributed by atoms with Gasteiger partial charge in [-0.25, -0.2) is 4.39 Å². The van der Waals surface area contributed by atoms with Crippen molar-refractivity contribution in [2.75, 3.05) is 5.32 Å². The summed E-state index contributed by atoms with van der Waals surface area (Å²) in [4.78, 5) is 13.0. The van der Waals surface area contributed by atoms with Gasteiger partial charge in [0, 0.05) is 6.42 Å². The molecule has 3 rings (SSSR count). The van der Waals surface area contributed by atoms with Crippen LogP contribution in [0.5, 0.6) is 0 Å². The van der Waals surface area contributed by atoms with Gasteiger partial charge in [0.2, 0.25) is 11.0 Å². The summed E-state index contributed by atoms with van der Waals surface area (Å²) in [7, 11) is 0. The number of hydrogen-bond acceptors (Lipinski definition) is 4. The first-order valence-electron chi connectivity index (χ1n) is 8.54. The van der Waals surface area contributed by atoms with Crippen LogP contribution in [0.15, 0.2) is 24.3 Å². The number of nitrogens with one attached hydrogen (secondary N) is 1. The highest BCUT2D eigenvalue weighted by Crippen LogP contribution is 2.42. The van der Waals surface area contributed by atoms with Crippen LogP contribution in [-0.2, 0) is 16.6 Å². The molecule has 1 aliphatic carbocycles. The number of benzene rings is 1. The molecule has 24 heavy (non-hydrogen) atoms. The lowest BCUT2D eigenvalue weighted by molar-refractivity contribution is -0.121. The lowest BCUT2D eigenvalue weighted by Crippen LogP contribution is -2.38. The molecular formula is C18H22FN3OS. The molecule has 0 bridgehead atoms. The molecule has 0 spiro atoms. The van der Waals surface area contributed by atoms with Gasteiger partial charge in [0.05, 0.1) is 5.41 Å². The van der Waals surface area contributed by atoms with E-state index in [1.165, 1.54) is 23.5 Å². The minimum Gasteiger partial charge on any atom is -0.300 e. The maximum atomic E-state index is 13.2. The van der Waals surface area contributed by atoms with Crippen LogP contribution < -0.4 is 5.32 Å². The fourth-order valence-corrected chi connectivity index (χ4v) is 4.12. The smallest absolute Gasteiger partial charge is 0.236 e. The summed E-state index contributed by atoms with van der Waals surface area (Å²) in [6, 6.07) is 6.31. The van der Waals surface area contributed by atoms with Crippen LogP contribution >= 0.6 is 11.3 Å². The van der Waals surface area contributed by atoms with E-state index in [9.17, 15) is 9.18 Å². The van der Waals surface area contributed by atoms with E-state index < -0.39 is 5.41 Å². The van der Waals surface area contributed by atoms with Crippen LogP contribution in [0.4, 0.5) is 9.52 Å². The molecule has 1 amide bonds. The van der Waals surface area contributed by atoms with Crippen molar-refractivity contribution in [1.29, 1.82) is 0 Å². The SMILES string of the molecule is CCCCc1nnc(NC(=O)C2(c3ccc(F)cc3)CCCC2)s1. The minimum atomic E-state index is -0.580. The van der Waals surface area contributed by atoms with Crippen LogP contribution in [0.1, 0.15) is 56.0 Å². The van der Waals surface area contributed by atoms with Crippen molar-refractivity contribution >= 4 is 22.4 Å². The molecule has 1 heterocycles. The Bertz CT molecular complexity index is 693. The Hall–Kier alpha value is -1.82. The highest BCUT2D eigenvalue weighted by atomic mass is 32.1. The predicted octanol–water partition coefficient (Wildman–Crippen LogP) is 4.47. The average Bonchev–Trinajstić information content (AvgIpc) is 3.24. The van der Waals surface area contributed by atoms with E-state index >= 15 is 0 Å². The van der Waals surface area contributed by atoms with Crippen LogP contribution in [0.2, 0.25) is 0 Å². The van der Waals surface area contributed by atoms with Crippen molar-refractivity contribution < 1.29 is 9.18 Å². The maximum absolute atomic E-state index is 13.2. The summed E-state index contributed by atoms with van der Waals surface area (Å²) < 4.78 is 13.2. The number of carbonyl (C=O) groups is 1. The molecule has 1 aromatic carbocycles. The molecule has 6 heteroatoms. The third kappa shape index (κ3) is 3.48. The molecule has 0 aliphatic heterocycles. The fraction of sp³-hybridized carbons (Fsp3) is 0.500. The molecule has 0 unspecified atom stereocenters. The van der Waals surface area contributed by atoms with Crippen molar-refractivity contribution in [2.24, 2.45) is 0 Å². The van der Waals surface area contributed by atoms with E-state index in [-0.39, 0.29) is 11.7 Å². The number of anilines is 1. The predicted molar refractivity (Wildman–Crippen MR) is 93.7 cm³/mol. The molecule has 1 aliphatic rings. The summed E-state index contributed by atoms with van der Waals surface area (Å²) in [5, 5.41) is 12.7. The van der Waals surface area contributed by atoms with Crippen LogP contribution in [0, 0.1) is 5.82 Å². The quantitative estimate of drug-likeness (QED) is 0.839. The lowest BCUT2D eigenvalue weighted by atomic mass is 9.78. The topological polar surface area (TPSA) is 54.9 Å². The van der Waals surface area contributed by atoms with Gasteiger partial charge in [-0.3, -0.25) is 10.1 Å². The molecule has 128 valence electrons. The number of amides is 1. The molecule has 1 saturated carbocycles. The van der Waals surface area contributed by atoms with Gasteiger partial charge in [-0.15, -0.1) is 10.2 Å². The number of rotatable bonds is 6. The zero-order valence-electron chi connectivity index (χ0n) is 13.8. The first-order chi connectivity index (χ1) is 11.6. The molecule has 2 aromatic rings. The summed E-state index contributed by atoms with van der Waals surface area (Å²) >= 11 is 1.44. The number of carbonyl (C=O) groups excluding carboxylic acids is 1. The number of unbranched alkanes of at least 4 members (excludes halogenated alkanes) is 1. The van der Waals surface area contributed by atoms with Gasteiger partial charge in [-0.05, 0) is 37.0 Å². The standard InChI is InChI=1S/C18H22FN3OS/c1-2-3-6-15-21-22-17(24-15)20-16(23)18(11-4-5-12-18)13-7-9-14(19)10-8-13/h7-10H,2-6,11-12H2,1H3,(H,20,22,23). The average molecular weight is 347 g/mol. The van der Waals surface area contributed by atoms with Gasteiger partial charge in [0.1, 0.15) is 10.8 Å². The van der Waals surface area contributed by atoms with E-state index in [0.29, 0.717) is 5.13 Å². The van der Waals surface area contributed by atoms with Crippen molar-refractivity contribution in [2.45, 2.75) is 57.3 Å².